The number of pyridine rings is 1. The topological polar surface area (TPSA) is 50.9 Å². The molecule has 0 saturated carbocycles. The Kier molecular flexibility index (Phi) is 4.20. The molecule has 0 aliphatic carbocycles. The Balaban J connectivity index is 1.90. The molecule has 2 aromatic rings. The molecule has 0 amide bonds. The molecule has 0 aliphatic heterocycles. The number of nitrogens with two attached hydrogens (primary N) is 1. The van der Waals surface area contributed by atoms with Crippen molar-refractivity contribution in [2.24, 2.45) is 0 Å². The lowest BCUT2D eigenvalue weighted by Crippen LogP contribution is -2.07. The molecule has 1 aromatic heterocycles. The minimum atomic E-state index is 0.729. The third-order valence-corrected chi connectivity index (χ3v) is 3.23. The van der Waals surface area contributed by atoms with Crippen LogP contribution in [-0.4, -0.2) is 11.5 Å². The summed E-state index contributed by atoms with van der Waals surface area (Å²) in [4.78, 5) is 4.38. The lowest BCUT2D eigenvalue weighted by atomic mass is 10.1. The number of aromatic nitrogens is 1. The van der Waals surface area contributed by atoms with E-state index in [1.165, 1.54) is 5.56 Å². The van der Waals surface area contributed by atoms with Gasteiger partial charge in [0.05, 0.1) is 11.4 Å². The van der Waals surface area contributed by atoms with Gasteiger partial charge in [0, 0.05) is 11.0 Å². The molecule has 4 heteroatoms. The van der Waals surface area contributed by atoms with Gasteiger partial charge in [-0.2, -0.15) is 0 Å². The van der Waals surface area contributed by atoms with E-state index < -0.39 is 0 Å². The maximum absolute atomic E-state index is 5.73. The molecule has 0 fully saturated rings. The van der Waals surface area contributed by atoms with Gasteiger partial charge >= 0.3 is 0 Å². The third-order valence-electron chi connectivity index (χ3n) is 2.74. The highest BCUT2D eigenvalue weighted by Crippen LogP contribution is 2.13. The van der Waals surface area contributed by atoms with Crippen molar-refractivity contribution in [1.29, 1.82) is 0 Å². The third kappa shape index (κ3) is 3.47. The quantitative estimate of drug-likeness (QED) is 0.910. The van der Waals surface area contributed by atoms with Gasteiger partial charge in [0.25, 0.3) is 0 Å². The fourth-order valence-corrected chi connectivity index (χ4v) is 2.14. The zero-order chi connectivity index (χ0) is 13.0. The second kappa shape index (κ2) is 5.87. The zero-order valence-corrected chi connectivity index (χ0v) is 11.9. The summed E-state index contributed by atoms with van der Waals surface area (Å²) in [6.07, 6.45) is 0.963. The first kappa shape index (κ1) is 12.9. The van der Waals surface area contributed by atoms with Gasteiger partial charge in [-0.25, -0.2) is 4.98 Å². The highest BCUT2D eigenvalue weighted by atomic mass is 79.9. The van der Waals surface area contributed by atoms with Crippen molar-refractivity contribution < 1.29 is 0 Å². The van der Waals surface area contributed by atoms with Gasteiger partial charge in [-0.3, -0.25) is 0 Å². The van der Waals surface area contributed by atoms with Crippen LogP contribution in [0.1, 0.15) is 11.3 Å². The van der Waals surface area contributed by atoms with Gasteiger partial charge in [0.2, 0.25) is 0 Å². The summed E-state index contributed by atoms with van der Waals surface area (Å²) in [6.45, 7) is 2.77. The summed E-state index contributed by atoms with van der Waals surface area (Å²) in [5.41, 5.74) is 8.62. The summed E-state index contributed by atoms with van der Waals surface area (Å²) in [6, 6.07) is 12.1. The van der Waals surface area contributed by atoms with Gasteiger partial charge in [0.15, 0.2) is 0 Å². The largest absolute Gasteiger partial charge is 0.397 e. The highest BCUT2D eigenvalue weighted by molar-refractivity contribution is 9.10. The number of nitrogens with zero attached hydrogens (tertiary/aromatic N) is 1. The number of nitrogens with one attached hydrogen (secondary N) is 1. The SMILES string of the molecule is Cc1nc(NCCc2cccc(Br)c2)ccc1N. The first-order valence-electron chi connectivity index (χ1n) is 5.86. The number of nitrogen functional groups attached to an aromatic ring is 1. The zero-order valence-electron chi connectivity index (χ0n) is 10.3. The van der Waals surface area contributed by atoms with Crippen LogP contribution >= 0.6 is 15.9 Å². The van der Waals surface area contributed by atoms with E-state index in [2.05, 4.69) is 38.4 Å². The van der Waals surface area contributed by atoms with Crippen molar-refractivity contribution in [3.05, 3.63) is 52.1 Å². The number of benzene rings is 1. The lowest BCUT2D eigenvalue weighted by Gasteiger charge is -2.07. The summed E-state index contributed by atoms with van der Waals surface area (Å²) in [5, 5.41) is 3.30. The van der Waals surface area contributed by atoms with Crippen molar-refractivity contribution in [2.75, 3.05) is 17.6 Å². The molecule has 2 rings (SSSR count). The number of hydrogen-bond acceptors (Lipinski definition) is 3. The average molecular weight is 306 g/mol. The second-order valence-corrected chi connectivity index (χ2v) is 5.09. The summed E-state index contributed by atoms with van der Waals surface area (Å²) in [7, 11) is 0. The summed E-state index contributed by atoms with van der Waals surface area (Å²) in [5.74, 6) is 0.872. The molecular weight excluding hydrogens is 290 g/mol. The molecule has 0 spiro atoms. The van der Waals surface area contributed by atoms with E-state index in [-0.39, 0.29) is 0 Å². The molecule has 94 valence electrons. The van der Waals surface area contributed by atoms with Crippen LogP contribution in [0.4, 0.5) is 11.5 Å². The van der Waals surface area contributed by atoms with E-state index in [1.54, 1.807) is 0 Å². The lowest BCUT2D eigenvalue weighted by molar-refractivity contribution is 1.00. The number of hydrogen-bond donors (Lipinski definition) is 2. The molecule has 0 saturated heterocycles. The van der Waals surface area contributed by atoms with Crippen LogP contribution in [0.25, 0.3) is 0 Å². The molecule has 1 heterocycles. The van der Waals surface area contributed by atoms with Crippen LogP contribution in [0, 0.1) is 6.92 Å². The van der Waals surface area contributed by atoms with E-state index in [1.807, 2.05) is 31.2 Å². The fourth-order valence-electron chi connectivity index (χ4n) is 1.70. The van der Waals surface area contributed by atoms with Crippen LogP contribution in [0.2, 0.25) is 0 Å². The molecule has 0 radical (unpaired) electrons. The van der Waals surface area contributed by atoms with E-state index in [0.717, 1.165) is 34.6 Å². The molecule has 3 N–H and O–H groups in total. The minimum absolute atomic E-state index is 0.729. The molecule has 3 nitrogen and oxygen atoms in total. The first-order valence-corrected chi connectivity index (χ1v) is 6.66. The molecule has 0 aliphatic rings. The van der Waals surface area contributed by atoms with Crippen LogP contribution in [-0.2, 0) is 6.42 Å². The van der Waals surface area contributed by atoms with Crippen molar-refractivity contribution in [1.82, 2.24) is 4.98 Å². The smallest absolute Gasteiger partial charge is 0.126 e. The molecular formula is C14H16BrN3. The van der Waals surface area contributed by atoms with Crippen LogP contribution in [0.15, 0.2) is 40.9 Å². The molecule has 18 heavy (non-hydrogen) atoms. The molecule has 0 bridgehead atoms. The minimum Gasteiger partial charge on any atom is -0.397 e. The maximum Gasteiger partial charge on any atom is 0.126 e. The van der Waals surface area contributed by atoms with Crippen molar-refractivity contribution in [3.63, 3.8) is 0 Å². The van der Waals surface area contributed by atoms with Gasteiger partial charge in [-0.15, -0.1) is 0 Å². The molecule has 0 atom stereocenters. The number of anilines is 2. The predicted molar refractivity (Wildman–Crippen MR) is 79.7 cm³/mol. The Bertz CT molecular complexity index is 540. The van der Waals surface area contributed by atoms with Crippen LogP contribution < -0.4 is 11.1 Å². The Hall–Kier alpha value is -1.55. The Morgan fingerprint density at radius 1 is 1.28 bits per heavy atom. The normalized spacial score (nSPS) is 10.3. The standard InChI is InChI=1S/C14H16BrN3/c1-10-13(16)5-6-14(18-10)17-8-7-11-3-2-4-12(15)9-11/h2-6,9H,7-8,16H2,1H3,(H,17,18). The van der Waals surface area contributed by atoms with E-state index >= 15 is 0 Å². The van der Waals surface area contributed by atoms with Gasteiger partial charge in [-0.1, -0.05) is 28.1 Å². The first-order chi connectivity index (χ1) is 8.65. The average Bonchev–Trinajstić information content (AvgIpc) is 2.34. The predicted octanol–water partition coefficient (Wildman–Crippen LogP) is 3.39. The second-order valence-electron chi connectivity index (χ2n) is 4.18. The van der Waals surface area contributed by atoms with Crippen LogP contribution in [0.5, 0.6) is 0 Å². The van der Waals surface area contributed by atoms with Gasteiger partial charge in [-0.05, 0) is 43.2 Å². The summed E-state index contributed by atoms with van der Waals surface area (Å²) < 4.78 is 1.11. The molecule has 1 aromatic carbocycles. The van der Waals surface area contributed by atoms with E-state index in [0.29, 0.717) is 0 Å². The molecule has 0 unspecified atom stereocenters. The number of aryl methyl sites for hydroxylation is 1. The summed E-state index contributed by atoms with van der Waals surface area (Å²) >= 11 is 3.47. The highest BCUT2D eigenvalue weighted by Gasteiger charge is 1.98. The van der Waals surface area contributed by atoms with Gasteiger partial charge < -0.3 is 11.1 Å². The Labute approximate surface area is 116 Å². The van der Waals surface area contributed by atoms with E-state index in [4.69, 9.17) is 5.73 Å². The van der Waals surface area contributed by atoms with Crippen molar-refractivity contribution in [2.45, 2.75) is 13.3 Å². The maximum atomic E-state index is 5.73. The fraction of sp³-hybridized carbons (Fsp3) is 0.214. The van der Waals surface area contributed by atoms with Crippen molar-refractivity contribution in [3.8, 4) is 0 Å². The monoisotopic (exact) mass is 305 g/mol. The van der Waals surface area contributed by atoms with Gasteiger partial charge in [0.1, 0.15) is 5.82 Å². The Morgan fingerprint density at radius 2 is 2.11 bits per heavy atom. The Morgan fingerprint density at radius 3 is 2.83 bits per heavy atom. The number of halogens is 1. The van der Waals surface area contributed by atoms with E-state index in [9.17, 15) is 0 Å². The van der Waals surface area contributed by atoms with Crippen molar-refractivity contribution >= 4 is 27.4 Å². The van der Waals surface area contributed by atoms with Crippen LogP contribution in [0.3, 0.4) is 0 Å². The number of rotatable bonds is 4.